The van der Waals surface area contributed by atoms with Crippen LogP contribution in [0.5, 0.6) is 11.5 Å². The molecule has 2 heterocycles. The first-order valence-corrected chi connectivity index (χ1v) is 19.3. The number of aromatic hydroxyl groups is 2. The normalized spacial score (nSPS) is 14.4. The summed E-state index contributed by atoms with van der Waals surface area (Å²) in [5.41, 5.74) is 4.46. The number of ether oxygens (including phenoxy) is 2. The van der Waals surface area contributed by atoms with Gasteiger partial charge in [0.05, 0.1) is 0 Å². The van der Waals surface area contributed by atoms with Crippen molar-refractivity contribution >= 4 is 17.0 Å². The van der Waals surface area contributed by atoms with Crippen molar-refractivity contribution in [1.82, 2.24) is 0 Å². The number of rotatable bonds is 0. The number of hydrogen-bond donors (Lipinski definition) is 2. The van der Waals surface area contributed by atoms with E-state index < -0.39 is 20.8 Å². The van der Waals surface area contributed by atoms with Crippen molar-refractivity contribution in [1.29, 1.82) is 0 Å². The van der Waals surface area contributed by atoms with Crippen LogP contribution in [0.25, 0.3) is 0 Å². The summed E-state index contributed by atoms with van der Waals surface area (Å²) in [7, 11) is 9.87. The zero-order chi connectivity index (χ0) is 28.5. The van der Waals surface area contributed by atoms with Gasteiger partial charge < -0.3 is 19.7 Å². The van der Waals surface area contributed by atoms with Crippen LogP contribution in [0.4, 0.5) is 0 Å². The van der Waals surface area contributed by atoms with E-state index in [1.165, 1.54) is 36.8 Å². The topological polar surface area (TPSA) is 58.9 Å². The summed E-state index contributed by atoms with van der Waals surface area (Å²) >= 11 is -0.826. The SMILES string of the molecule is C1CCOC1.C1CCOC1.Cc1ccc(O)c(C(C)(C)C)c1.Cc1ccc(O)c(C(C)(C)C)c1.[Cl][Zr][Cl]. The Morgan fingerprint density at radius 2 is 0.892 bits per heavy atom. The van der Waals surface area contributed by atoms with Crippen LogP contribution in [0, 0.1) is 13.8 Å². The van der Waals surface area contributed by atoms with Crippen LogP contribution >= 0.6 is 17.0 Å². The third-order valence-corrected chi connectivity index (χ3v) is 5.57. The zero-order valence-corrected chi connectivity index (χ0v) is 28.1. The third kappa shape index (κ3) is 17.6. The molecular weight excluding hydrogens is 586 g/mol. The molecule has 0 bridgehead atoms. The number of hydrogen-bond acceptors (Lipinski definition) is 4. The molecular formula is C30H48Cl2O4Zr. The van der Waals surface area contributed by atoms with Crippen LogP contribution in [-0.2, 0) is 41.2 Å². The molecule has 2 N–H and O–H groups in total. The Bertz CT molecular complexity index is 782. The monoisotopic (exact) mass is 632 g/mol. The van der Waals surface area contributed by atoms with Crippen molar-refractivity contribution in [2.24, 2.45) is 0 Å². The van der Waals surface area contributed by atoms with E-state index in [2.05, 4.69) is 41.5 Å². The Morgan fingerprint density at radius 3 is 1.05 bits per heavy atom. The molecule has 0 atom stereocenters. The number of aryl methyl sites for hydroxylation is 2. The van der Waals surface area contributed by atoms with Gasteiger partial charge in [-0.3, -0.25) is 0 Å². The van der Waals surface area contributed by atoms with E-state index >= 15 is 0 Å². The van der Waals surface area contributed by atoms with Gasteiger partial charge in [0.2, 0.25) is 0 Å². The molecule has 4 rings (SSSR count). The molecule has 2 saturated heterocycles. The minimum atomic E-state index is -0.826. The van der Waals surface area contributed by atoms with Crippen molar-refractivity contribution < 1.29 is 40.5 Å². The molecule has 0 saturated carbocycles. The zero-order valence-electron chi connectivity index (χ0n) is 24.1. The fourth-order valence-corrected chi connectivity index (χ4v) is 3.52. The summed E-state index contributed by atoms with van der Waals surface area (Å²) in [5, 5.41) is 19.1. The Hall–Kier alpha value is -0.577. The molecule has 2 aliphatic rings. The standard InChI is InChI=1S/2C11H16O.2C4H8O.2ClH.Zr/c2*1-8-5-6-10(12)9(7-8)11(2,3)4;2*1-2-4-5-3-1;;;/h2*5-7,12H,1-4H3;2*1-4H2;2*1H;/q;;;;;;+2/p-2. The second-order valence-corrected chi connectivity index (χ2v) is 15.0. The number of phenolic OH excluding ortho intramolecular Hbond substituents is 2. The summed E-state index contributed by atoms with van der Waals surface area (Å²) in [5.74, 6) is 0.793. The quantitative estimate of drug-likeness (QED) is 0.304. The summed E-state index contributed by atoms with van der Waals surface area (Å²) in [6, 6.07) is 11.4. The molecule has 7 heteroatoms. The van der Waals surface area contributed by atoms with Crippen molar-refractivity contribution in [2.45, 2.75) is 91.9 Å². The van der Waals surface area contributed by atoms with Gasteiger partial charge in [0.25, 0.3) is 0 Å². The number of phenols is 2. The minimum absolute atomic E-state index is 0.0239. The summed E-state index contributed by atoms with van der Waals surface area (Å²) < 4.78 is 9.89. The molecule has 0 aromatic heterocycles. The number of benzene rings is 2. The van der Waals surface area contributed by atoms with Crippen LogP contribution in [0.1, 0.15) is 89.5 Å². The maximum atomic E-state index is 9.57. The van der Waals surface area contributed by atoms with Crippen LogP contribution in [0.2, 0.25) is 0 Å². The third-order valence-electron chi connectivity index (χ3n) is 5.57. The van der Waals surface area contributed by atoms with Gasteiger partial charge in [0, 0.05) is 26.4 Å². The van der Waals surface area contributed by atoms with Gasteiger partial charge in [0.1, 0.15) is 11.5 Å². The molecule has 2 aromatic carbocycles. The molecule has 2 fully saturated rings. The predicted molar refractivity (Wildman–Crippen MR) is 155 cm³/mol. The van der Waals surface area contributed by atoms with E-state index in [0.717, 1.165) is 37.6 Å². The van der Waals surface area contributed by atoms with Gasteiger partial charge >= 0.3 is 37.9 Å². The van der Waals surface area contributed by atoms with Gasteiger partial charge in [-0.25, -0.2) is 0 Å². The van der Waals surface area contributed by atoms with Gasteiger partial charge in [-0.1, -0.05) is 76.9 Å². The van der Waals surface area contributed by atoms with Crippen LogP contribution < -0.4 is 0 Å². The molecule has 0 amide bonds. The van der Waals surface area contributed by atoms with E-state index in [4.69, 9.17) is 26.5 Å². The molecule has 37 heavy (non-hydrogen) atoms. The molecule has 0 unspecified atom stereocenters. The summed E-state index contributed by atoms with van der Waals surface area (Å²) in [4.78, 5) is 0. The van der Waals surface area contributed by atoms with Crippen molar-refractivity contribution in [3.63, 3.8) is 0 Å². The Labute approximate surface area is 244 Å². The molecule has 0 spiro atoms. The van der Waals surface area contributed by atoms with Gasteiger partial charge in [-0.05, 0) is 73.6 Å². The molecule has 0 radical (unpaired) electrons. The molecule has 2 aliphatic heterocycles. The van der Waals surface area contributed by atoms with Crippen molar-refractivity contribution in [3.05, 3.63) is 58.7 Å². The van der Waals surface area contributed by atoms with E-state index in [-0.39, 0.29) is 10.8 Å². The second-order valence-electron chi connectivity index (χ2n) is 11.3. The van der Waals surface area contributed by atoms with E-state index in [1.54, 1.807) is 12.1 Å². The van der Waals surface area contributed by atoms with E-state index in [0.29, 0.717) is 11.5 Å². The first-order chi connectivity index (χ1) is 17.2. The van der Waals surface area contributed by atoms with Gasteiger partial charge in [-0.2, -0.15) is 0 Å². The first-order valence-electron chi connectivity index (χ1n) is 13.0. The second kappa shape index (κ2) is 19.5. The number of halogens is 2. The average molecular weight is 635 g/mol. The fourth-order valence-electron chi connectivity index (χ4n) is 3.52. The Balaban J connectivity index is 0.000000479. The Kier molecular flexibility index (Phi) is 19.2. The molecule has 2 aromatic rings. The van der Waals surface area contributed by atoms with Gasteiger partial charge in [0.15, 0.2) is 0 Å². The van der Waals surface area contributed by atoms with Crippen LogP contribution in [0.3, 0.4) is 0 Å². The van der Waals surface area contributed by atoms with Crippen molar-refractivity contribution in [3.8, 4) is 11.5 Å². The van der Waals surface area contributed by atoms with Crippen molar-refractivity contribution in [2.75, 3.05) is 26.4 Å². The van der Waals surface area contributed by atoms with E-state index in [1.807, 2.05) is 38.1 Å². The summed E-state index contributed by atoms with van der Waals surface area (Å²) in [6.07, 6.45) is 5.11. The van der Waals surface area contributed by atoms with E-state index in [9.17, 15) is 10.2 Å². The maximum absolute atomic E-state index is 9.57. The molecule has 0 aliphatic carbocycles. The predicted octanol–water partition coefficient (Wildman–Crippen LogP) is 8.97. The molecule has 4 nitrogen and oxygen atoms in total. The first kappa shape index (κ1) is 36.4. The fraction of sp³-hybridized carbons (Fsp3) is 0.600. The van der Waals surface area contributed by atoms with Crippen LogP contribution in [0.15, 0.2) is 36.4 Å². The van der Waals surface area contributed by atoms with Crippen LogP contribution in [-0.4, -0.2) is 36.6 Å². The molecule has 210 valence electrons. The van der Waals surface area contributed by atoms with Gasteiger partial charge in [-0.15, -0.1) is 0 Å². The summed E-state index contributed by atoms with van der Waals surface area (Å²) in [6.45, 7) is 20.7. The Morgan fingerprint density at radius 1 is 0.622 bits per heavy atom. The average Bonchev–Trinajstić information content (AvgIpc) is 3.56.